The quantitative estimate of drug-likeness (QED) is 0.807. The van der Waals surface area contributed by atoms with Gasteiger partial charge in [-0.25, -0.2) is 0 Å². The highest BCUT2D eigenvalue weighted by Gasteiger charge is 2.07. The van der Waals surface area contributed by atoms with E-state index in [1.165, 1.54) is 0 Å². The van der Waals surface area contributed by atoms with Gasteiger partial charge in [-0.3, -0.25) is 0 Å². The Kier molecular flexibility index (Phi) is 4.43. The van der Waals surface area contributed by atoms with E-state index < -0.39 is 0 Å². The maximum Gasteiger partial charge on any atom is 0.119 e. The lowest BCUT2D eigenvalue weighted by Crippen LogP contribution is -2.32. The zero-order valence-electron chi connectivity index (χ0n) is 9.57. The van der Waals surface area contributed by atoms with E-state index in [2.05, 4.69) is 13.8 Å². The number of methoxy groups -OCH3 is 1. The number of benzene rings is 1. The minimum Gasteiger partial charge on any atom is -0.497 e. The summed E-state index contributed by atoms with van der Waals surface area (Å²) in [6.45, 7) is 4.72. The summed E-state index contributed by atoms with van der Waals surface area (Å²) in [4.78, 5) is 0. The molecule has 0 aromatic heterocycles. The van der Waals surface area contributed by atoms with Crippen molar-refractivity contribution in [3.8, 4) is 11.5 Å². The molecule has 0 aliphatic heterocycles. The fourth-order valence-corrected chi connectivity index (χ4v) is 1.06. The molecule has 3 nitrogen and oxygen atoms in total. The summed E-state index contributed by atoms with van der Waals surface area (Å²) in [5.74, 6) is 2.09. The van der Waals surface area contributed by atoms with Crippen molar-refractivity contribution in [1.82, 2.24) is 0 Å². The first-order valence-electron chi connectivity index (χ1n) is 5.16. The molecule has 1 aromatic rings. The van der Waals surface area contributed by atoms with Gasteiger partial charge >= 0.3 is 0 Å². The van der Waals surface area contributed by atoms with Gasteiger partial charge in [0.05, 0.1) is 7.11 Å². The van der Waals surface area contributed by atoms with Crippen LogP contribution < -0.4 is 15.2 Å². The molecule has 0 saturated carbocycles. The zero-order valence-corrected chi connectivity index (χ0v) is 9.57. The van der Waals surface area contributed by atoms with Crippen molar-refractivity contribution < 1.29 is 9.47 Å². The van der Waals surface area contributed by atoms with Gasteiger partial charge < -0.3 is 15.2 Å². The van der Waals surface area contributed by atoms with Crippen molar-refractivity contribution >= 4 is 0 Å². The van der Waals surface area contributed by atoms with Gasteiger partial charge in [-0.05, 0) is 30.2 Å². The van der Waals surface area contributed by atoms with Crippen LogP contribution in [-0.4, -0.2) is 19.8 Å². The van der Waals surface area contributed by atoms with Crippen LogP contribution in [0, 0.1) is 5.92 Å². The number of hydrogen-bond acceptors (Lipinski definition) is 3. The van der Waals surface area contributed by atoms with E-state index in [1.54, 1.807) is 7.11 Å². The van der Waals surface area contributed by atoms with Crippen LogP contribution in [0.25, 0.3) is 0 Å². The van der Waals surface area contributed by atoms with E-state index in [-0.39, 0.29) is 6.04 Å². The molecule has 1 rings (SSSR count). The third-order valence-corrected chi connectivity index (χ3v) is 2.36. The van der Waals surface area contributed by atoms with E-state index in [0.717, 1.165) is 11.5 Å². The lowest BCUT2D eigenvalue weighted by molar-refractivity contribution is 0.259. The Morgan fingerprint density at radius 3 is 2.13 bits per heavy atom. The highest BCUT2D eigenvalue weighted by atomic mass is 16.5. The van der Waals surface area contributed by atoms with Crippen LogP contribution in [0.4, 0.5) is 0 Å². The van der Waals surface area contributed by atoms with Gasteiger partial charge in [0.2, 0.25) is 0 Å². The van der Waals surface area contributed by atoms with Crippen molar-refractivity contribution in [1.29, 1.82) is 0 Å². The molecule has 0 aliphatic rings. The Balaban J connectivity index is 2.44. The number of nitrogens with two attached hydrogens (primary N) is 1. The number of rotatable bonds is 5. The molecule has 84 valence electrons. The van der Waals surface area contributed by atoms with Crippen LogP contribution in [0.5, 0.6) is 11.5 Å². The van der Waals surface area contributed by atoms with Crippen molar-refractivity contribution in [2.45, 2.75) is 19.9 Å². The minimum atomic E-state index is 0.0760. The highest BCUT2D eigenvalue weighted by molar-refractivity contribution is 5.31. The monoisotopic (exact) mass is 209 g/mol. The van der Waals surface area contributed by atoms with Crippen LogP contribution in [0.1, 0.15) is 13.8 Å². The molecule has 2 N–H and O–H groups in total. The Morgan fingerprint density at radius 2 is 1.67 bits per heavy atom. The summed E-state index contributed by atoms with van der Waals surface area (Å²) >= 11 is 0. The van der Waals surface area contributed by atoms with Gasteiger partial charge in [0.1, 0.15) is 18.1 Å². The average Bonchev–Trinajstić information content (AvgIpc) is 2.26. The predicted molar refractivity (Wildman–Crippen MR) is 61.3 cm³/mol. The van der Waals surface area contributed by atoms with Crippen LogP contribution in [0.3, 0.4) is 0 Å². The van der Waals surface area contributed by atoms with Crippen molar-refractivity contribution in [3.63, 3.8) is 0 Å². The first-order valence-corrected chi connectivity index (χ1v) is 5.16. The van der Waals surface area contributed by atoms with Gasteiger partial charge in [-0.2, -0.15) is 0 Å². The maximum atomic E-state index is 5.87. The molecule has 0 amide bonds. The highest BCUT2D eigenvalue weighted by Crippen LogP contribution is 2.17. The van der Waals surface area contributed by atoms with E-state index in [9.17, 15) is 0 Å². The summed E-state index contributed by atoms with van der Waals surface area (Å²) in [7, 11) is 1.64. The summed E-state index contributed by atoms with van der Waals surface area (Å²) < 4.78 is 10.6. The molecular weight excluding hydrogens is 190 g/mol. The Morgan fingerprint density at radius 1 is 1.13 bits per heavy atom. The second-order valence-electron chi connectivity index (χ2n) is 3.89. The topological polar surface area (TPSA) is 44.5 Å². The molecule has 0 heterocycles. The van der Waals surface area contributed by atoms with Crippen LogP contribution in [0.15, 0.2) is 24.3 Å². The standard InChI is InChI=1S/C12H19NO2/c1-9(2)12(13)8-15-11-6-4-10(14-3)5-7-11/h4-7,9,12H,8,13H2,1-3H3. The summed E-state index contributed by atoms with van der Waals surface area (Å²) in [5, 5.41) is 0. The summed E-state index contributed by atoms with van der Waals surface area (Å²) in [6.07, 6.45) is 0. The minimum absolute atomic E-state index is 0.0760. The SMILES string of the molecule is COc1ccc(OCC(N)C(C)C)cc1. The lowest BCUT2D eigenvalue weighted by Gasteiger charge is -2.16. The van der Waals surface area contributed by atoms with Crippen molar-refractivity contribution in [2.24, 2.45) is 11.7 Å². The van der Waals surface area contributed by atoms with Gasteiger partial charge in [-0.15, -0.1) is 0 Å². The molecule has 0 spiro atoms. The fourth-order valence-electron chi connectivity index (χ4n) is 1.06. The third-order valence-electron chi connectivity index (χ3n) is 2.36. The molecule has 15 heavy (non-hydrogen) atoms. The van der Waals surface area contributed by atoms with Crippen LogP contribution >= 0.6 is 0 Å². The Bertz CT molecular complexity index is 282. The molecule has 0 bridgehead atoms. The normalized spacial score (nSPS) is 12.6. The van der Waals surface area contributed by atoms with Gasteiger partial charge in [-0.1, -0.05) is 13.8 Å². The number of ether oxygens (including phenoxy) is 2. The van der Waals surface area contributed by atoms with Crippen molar-refractivity contribution in [3.05, 3.63) is 24.3 Å². The molecule has 0 fully saturated rings. The van der Waals surface area contributed by atoms with Crippen LogP contribution in [-0.2, 0) is 0 Å². The maximum absolute atomic E-state index is 5.87. The summed E-state index contributed by atoms with van der Waals surface area (Å²) in [5.41, 5.74) is 5.87. The number of hydrogen-bond donors (Lipinski definition) is 1. The fraction of sp³-hybridized carbons (Fsp3) is 0.500. The first-order chi connectivity index (χ1) is 7.13. The lowest BCUT2D eigenvalue weighted by atomic mass is 10.1. The predicted octanol–water partition coefficient (Wildman–Crippen LogP) is 2.06. The van der Waals surface area contributed by atoms with Crippen molar-refractivity contribution in [2.75, 3.05) is 13.7 Å². The third kappa shape index (κ3) is 3.80. The van der Waals surface area contributed by atoms with E-state index >= 15 is 0 Å². The van der Waals surface area contributed by atoms with Gasteiger partial charge in [0.25, 0.3) is 0 Å². The second kappa shape index (κ2) is 5.61. The molecule has 0 saturated heterocycles. The van der Waals surface area contributed by atoms with E-state index in [1.807, 2.05) is 24.3 Å². The summed E-state index contributed by atoms with van der Waals surface area (Å²) in [6, 6.07) is 7.58. The Labute approximate surface area is 91.2 Å². The Hall–Kier alpha value is -1.22. The molecular formula is C12H19NO2. The molecule has 0 radical (unpaired) electrons. The molecule has 3 heteroatoms. The molecule has 0 aliphatic carbocycles. The molecule has 1 aromatic carbocycles. The van der Waals surface area contributed by atoms with Gasteiger partial charge in [0.15, 0.2) is 0 Å². The zero-order chi connectivity index (χ0) is 11.3. The molecule has 1 unspecified atom stereocenters. The molecule has 1 atom stereocenters. The smallest absolute Gasteiger partial charge is 0.119 e. The first kappa shape index (κ1) is 11.9. The van der Waals surface area contributed by atoms with Crippen LogP contribution in [0.2, 0.25) is 0 Å². The second-order valence-corrected chi connectivity index (χ2v) is 3.89. The van der Waals surface area contributed by atoms with E-state index in [4.69, 9.17) is 15.2 Å². The van der Waals surface area contributed by atoms with Gasteiger partial charge in [0, 0.05) is 6.04 Å². The largest absolute Gasteiger partial charge is 0.497 e. The average molecular weight is 209 g/mol. The van der Waals surface area contributed by atoms with E-state index in [0.29, 0.717) is 12.5 Å².